The number of carbonyl (C=O) groups is 4. The highest BCUT2D eigenvalue weighted by Gasteiger charge is 2.33. The molecule has 1 rings (SSSR count). The third-order valence-corrected chi connectivity index (χ3v) is 3.31. The Morgan fingerprint density at radius 1 is 1.33 bits per heavy atom. The van der Waals surface area contributed by atoms with Gasteiger partial charge in [0.1, 0.15) is 12.1 Å². The van der Waals surface area contributed by atoms with Crippen molar-refractivity contribution in [1.82, 2.24) is 15.5 Å². The molecule has 0 saturated carbocycles. The van der Waals surface area contributed by atoms with Gasteiger partial charge >= 0.3 is 12.0 Å². The molecule has 2 atom stereocenters. The van der Waals surface area contributed by atoms with Gasteiger partial charge in [-0.25, -0.2) is 9.59 Å². The minimum Gasteiger partial charge on any atom is -0.480 e. The Kier molecular flexibility index (Phi) is 5.94. The van der Waals surface area contributed by atoms with Crippen molar-refractivity contribution in [1.29, 1.82) is 0 Å². The fourth-order valence-corrected chi connectivity index (χ4v) is 2.25. The lowest BCUT2D eigenvalue weighted by atomic mass is 10.0. The van der Waals surface area contributed by atoms with Crippen molar-refractivity contribution in [2.24, 2.45) is 5.73 Å². The number of rotatable bonds is 5. The Labute approximate surface area is 121 Å². The average molecular weight is 300 g/mol. The Balaban J connectivity index is 2.76. The summed E-state index contributed by atoms with van der Waals surface area (Å²) in [5, 5.41) is 13.7. The highest BCUT2D eigenvalue weighted by molar-refractivity contribution is 5.90. The van der Waals surface area contributed by atoms with E-state index in [1.54, 1.807) is 0 Å². The Morgan fingerprint density at radius 3 is 2.52 bits per heavy atom. The number of hydrogen-bond donors (Lipinski definition) is 4. The number of primary amides is 1. The topological polar surface area (TPSA) is 142 Å². The number of urea groups is 1. The van der Waals surface area contributed by atoms with Crippen LogP contribution in [0.15, 0.2) is 0 Å². The van der Waals surface area contributed by atoms with Gasteiger partial charge in [0.05, 0.1) is 6.42 Å². The summed E-state index contributed by atoms with van der Waals surface area (Å²) in [5.74, 6) is -2.48. The third-order valence-electron chi connectivity index (χ3n) is 3.31. The second-order valence-electron chi connectivity index (χ2n) is 4.83. The maximum atomic E-state index is 12.1. The number of carbonyl (C=O) groups excluding carboxylic acids is 3. The van der Waals surface area contributed by atoms with Gasteiger partial charge in [0, 0.05) is 13.6 Å². The molecule has 1 aliphatic heterocycles. The van der Waals surface area contributed by atoms with Gasteiger partial charge in [0.2, 0.25) is 11.8 Å². The smallest absolute Gasteiger partial charge is 0.326 e. The minimum absolute atomic E-state index is 0.299. The lowest BCUT2D eigenvalue weighted by molar-refractivity contribution is -0.141. The quantitative estimate of drug-likeness (QED) is 0.495. The molecule has 0 aromatic heterocycles. The molecule has 0 aromatic rings. The van der Waals surface area contributed by atoms with Gasteiger partial charge in [0.15, 0.2) is 0 Å². The first kappa shape index (κ1) is 16.7. The number of likely N-dealkylation sites (N-methyl/N-ethyl adjacent to an activating group) is 1. The second kappa shape index (κ2) is 7.46. The monoisotopic (exact) mass is 300 g/mol. The van der Waals surface area contributed by atoms with Crippen LogP contribution < -0.4 is 16.4 Å². The molecule has 0 aliphatic carbocycles. The van der Waals surface area contributed by atoms with Crippen molar-refractivity contribution < 1.29 is 24.3 Å². The molecule has 9 nitrogen and oxygen atoms in total. The van der Waals surface area contributed by atoms with Crippen LogP contribution in [-0.2, 0) is 14.4 Å². The average Bonchev–Trinajstić information content (AvgIpc) is 2.45. The van der Waals surface area contributed by atoms with Gasteiger partial charge < -0.3 is 26.4 Å². The zero-order chi connectivity index (χ0) is 16.0. The minimum atomic E-state index is -1.40. The molecule has 1 aliphatic rings. The van der Waals surface area contributed by atoms with Crippen LogP contribution in [0.2, 0.25) is 0 Å². The van der Waals surface area contributed by atoms with E-state index in [1.807, 2.05) is 0 Å². The molecule has 0 radical (unpaired) electrons. The summed E-state index contributed by atoms with van der Waals surface area (Å²) in [4.78, 5) is 47.0. The molecule has 4 amide bonds. The van der Waals surface area contributed by atoms with Crippen LogP contribution in [0, 0.1) is 0 Å². The van der Waals surface area contributed by atoms with E-state index in [-0.39, 0.29) is 5.91 Å². The molecule has 1 saturated heterocycles. The number of hydrogen-bond acceptors (Lipinski definition) is 4. The summed E-state index contributed by atoms with van der Waals surface area (Å²) in [5.41, 5.74) is 4.95. The van der Waals surface area contributed by atoms with Gasteiger partial charge in [-0.05, 0) is 19.3 Å². The predicted octanol–water partition coefficient (Wildman–Crippen LogP) is -1.37. The molecular formula is C12H20N4O5. The Bertz CT molecular complexity index is 439. The lowest BCUT2D eigenvalue weighted by Crippen LogP contribution is -2.57. The van der Waals surface area contributed by atoms with E-state index in [0.29, 0.717) is 13.0 Å². The summed E-state index contributed by atoms with van der Waals surface area (Å²) in [7, 11) is 1.47. The molecule has 21 heavy (non-hydrogen) atoms. The maximum Gasteiger partial charge on any atom is 0.326 e. The van der Waals surface area contributed by atoms with Crippen molar-refractivity contribution >= 4 is 23.8 Å². The maximum absolute atomic E-state index is 12.1. The first-order valence-corrected chi connectivity index (χ1v) is 6.66. The van der Waals surface area contributed by atoms with Crippen molar-refractivity contribution in [3.63, 3.8) is 0 Å². The number of aliphatic carboxylic acids is 1. The first-order chi connectivity index (χ1) is 9.86. The molecule has 0 aromatic carbocycles. The number of amides is 4. The molecular weight excluding hydrogens is 280 g/mol. The normalized spacial score (nSPS) is 19.5. The van der Waals surface area contributed by atoms with Crippen LogP contribution in [0.3, 0.4) is 0 Å². The van der Waals surface area contributed by atoms with E-state index in [4.69, 9.17) is 10.8 Å². The number of carboxylic acid groups (broad SMARTS) is 1. The van der Waals surface area contributed by atoms with Gasteiger partial charge in [0.25, 0.3) is 0 Å². The highest BCUT2D eigenvalue weighted by Crippen LogP contribution is 2.17. The molecule has 0 bridgehead atoms. The number of carboxylic acids is 1. The summed E-state index contributed by atoms with van der Waals surface area (Å²) in [6.45, 7) is 0.354. The predicted molar refractivity (Wildman–Crippen MR) is 72.2 cm³/mol. The molecule has 1 fully saturated rings. The lowest BCUT2D eigenvalue weighted by Gasteiger charge is -2.35. The van der Waals surface area contributed by atoms with E-state index in [9.17, 15) is 19.2 Å². The standard InChI is InChI=1S/C12H20N4O5/c1-14-10(18)8-4-2-3-5-16(8)12(21)15-7(11(19)20)6-9(13)17/h7-8H,2-6H2,1H3,(H2,13,17)(H,14,18)(H,15,21)(H,19,20)/t7-,8?/m1/s1. The van der Waals surface area contributed by atoms with Gasteiger partial charge in [-0.15, -0.1) is 0 Å². The zero-order valence-corrected chi connectivity index (χ0v) is 11.8. The summed E-state index contributed by atoms with van der Waals surface area (Å²) in [6, 6.07) is -2.72. The number of nitrogens with zero attached hydrogens (tertiary/aromatic N) is 1. The van der Waals surface area contributed by atoms with E-state index in [2.05, 4.69) is 10.6 Å². The van der Waals surface area contributed by atoms with Crippen LogP contribution in [-0.4, -0.2) is 59.5 Å². The Morgan fingerprint density at radius 2 is 2.00 bits per heavy atom. The van der Waals surface area contributed by atoms with Crippen LogP contribution in [0.25, 0.3) is 0 Å². The van der Waals surface area contributed by atoms with Crippen molar-refractivity contribution in [2.45, 2.75) is 37.8 Å². The summed E-state index contributed by atoms with van der Waals surface area (Å²) in [6.07, 6.45) is 1.56. The molecule has 9 heteroatoms. The Hall–Kier alpha value is -2.32. The van der Waals surface area contributed by atoms with E-state index in [1.165, 1.54) is 11.9 Å². The van der Waals surface area contributed by atoms with E-state index >= 15 is 0 Å². The molecule has 1 unspecified atom stereocenters. The SMILES string of the molecule is CNC(=O)C1CCCCN1C(=O)N[C@H](CC(N)=O)C(=O)O. The van der Waals surface area contributed by atoms with Gasteiger partial charge in [-0.2, -0.15) is 0 Å². The second-order valence-corrected chi connectivity index (χ2v) is 4.83. The molecule has 5 N–H and O–H groups in total. The van der Waals surface area contributed by atoms with Crippen molar-refractivity contribution in [2.75, 3.05) is 13.6 Å². The number of nitrogens with two attached hydrogens (primary N) is 1. The highest BCUT2D eigenvalue weighted by atomic mass is 16.4. The summed E-state index contributed by atoms with van der Waals surface area (Å²) >= 11 is 0. The molecule has 118 valence electrons. The van der Waals surface area contributed by atoms with E-state index < -0.39 is 36.4 Å². The van der Waals surface area contributed by atoms with Crippen molar-refractivity contribution in [3.05, 3.63) is 0 Å². The van der Waals surface area contributed by atoms with Crippen LogP contribution in [0.4, 0.5) is 4.79 Å². The van der Waals surface area contributed by atoms with Gasteiger partial charge in [-0.1, -0.05) is 0 Å². The van der Waals surface area contributed by atoms with E-state index in [0.717, 1.165) is 12.8 Å². The number of nitrogens with one attached hydrogen (secondary N) is 2. The van der Waals surface area contributed by atoms with Crippen LogP contribution >= 0.6 is 0 Å². The molecule has 0 spiro atoms. The largest absolute Gasteiger partial charge is 0.480 e. The first-order valence-electron chi connectivity index (χ1n) is 6.66. The van der Waals surface area contributed by atoms with Gasteiger partial charge in [-0.3, -0.25) is 9.59 Å². The van der Waals surface area contributed by atoms with Crippen LogP contribution in [0.1, 0.15) is 25.7 Å². The summed E-state index contributed by atoms with van der Waals surface area (Å²) < 4.78 is 0. The molecule has 1 heterocycles. The fourth-order valence-electron chi connectivity index (χ4n) is 2.25. The zero-order valence-electron chi connectivity index (χ0n) is 11.8. The fraction of sp³-hybridized carbons (Fsp3) is 0.667. The third kappa shape index (κ3) is 4.62. The number of piperidine rings is 1. The van der Waals surface area contributed by atoms with Crippen LogP contribution in [0.5, 0.6) is 0 Å². The van der Waals surface area contributed by atoms with Crippen molar-refractivity contribution in [3.8, 4) is 0 Å². The number of likely N-dealkylation sites (tertiary alicyclic amines) is 1.